The second-order valence-corrected chi connectivity index (χ2v) is 7.60. The van der Waals surface area contributed by atoms with E-state index in [0.29, 0.717) is 12.8 Å². The molecule has 6 heteroatoms. The topological polar surface area (TPSA) is 83.5 Å². The molecule has 0 aliphatic carbocycles. The maximum atomic E-state index is 12.6. The SMILES string of the molecule is O=C(O)CCCCCC(NS(=O)(=O)c1ccccc1)c1ccccc1. The first kappa shape index (κ1) is 19.1. The summed E-state index contributed by atoms with van der Waals surface area (Å²) in [5, 5.41) is 8.69. The van der Waals surface area contributed by atoms with Crippen LogP contribution in [0.5, 0.6) is 0 Å². The Morgan fingerprint density at radius 2 is 1.52 bits per heavy atom. The fourth-order valence-electron chi connectivity index (χ4n) is 2.64. The van der Waals surface area contributed by atoms with Gasteiger partial charge in [0.1, 0.15) is 0 Å². The minimum Gasteiger partial charge on any atom is -0.481 e. The Labute approximate surface area is 148 Å². The van der Waals surface area contributed by atoms with Gasteiger partial charge in [0.15, 0.2) is 0 Å². The number of hydrogen-bond donors (Lipinski definition) is 2. The van der Waals surface area contributed by atoms with E-state index in [-0.39, 0.29) is 17.4 Å². The maximum Gasteiger partial charge on any atom is 0.303 e. The van der Waals surface area contributed by atoms with Crippen LogP contribution in [0, 0.1) is 0 Å². The Bertz CT molecular complexity index is 761. The molecule has 0 aliphatic heterocycles. The number of rotatable bonds is 10. The Kier molecular flexibility index (Phi) is 7.16. The summed E-state index contributed by atoms with van der Waals surface area (Å²) in [7, 11) is -3.61. The van der Waals surface area contributed by atoms with Crippen molar-refractivity contribution in [1.29, 1.82) is 0 Å². The monoisotopic (exact) mass is 361 g/mol. The number of carboxylic acid groups (broad SMARTS) is 1. The van der Waals surface area contributed by atoms with E-state index in [1.165, 1.54) is 0 Å². The summed E-state index contributed by atoms with van der Waals surface area (Å²) in [6.45, 7) is 0. The van der Waals surface area contributed by atoms with Crippen LogP contribution in [0.3, 0.4) is 0 Å². The molecule has 2 aromatic rings. The molecule has 1 unspecified atom stereocenters. The highest BCUT2D eigenvalue weighted by atomic mass is 32.2. The van der Waals surface area contributed by atoms with E-state index in [1.807, 2.05) is 30.3 Å². The molecule has 0 aromatic heterocycles. The highest BCUT2D eigenvalue weighted by molar-refractivity contribution is 7.89. The van der Waals surface area contributed by atoms with E-state index < -0.39 is 16.0 Å². The van der Waals surface area contributed by atoms with Gasteiger partial charge in [-0.15, -0.1) is 0 Å². The highest BCUT2D eigenvalue weighted by Gasteiger charge is 2.20. The molecule has 0 spiro atoms. The van der Waals surface area contributed by atoms with Gasteiger partial charge < -0.3 is 5.11 Å². The van der Waals surface area contributed by atoms with Crippen molar-refractivity contribution in [3.63, 3.8) is 0 Å². The first-order valence-corrected chi connectivity index (χ1v) is 9.81. The molecule has 0 radical (unpaired) electrons. The van der Waals surface area contributed by atoms with E-state index in [0.717, 1.165) is 18.4 Å². The van der Waals surface area contributed by atoms with E-state index >= 15 is 0 Å². The van der Waals surface area contributed by atoms with Crippen molar-refractivity contribution in [2.45, 2.75) is 43.0 Å². The smallest absolute Gasteiger partial charge is 0.303 e. The van der Waals surface area contributed by atoms with Crippen LogP contribution in [-0.4, -0.2) is 19.5 Å². The molecule has 2 rings (SSSR count). The summed E-state index contributed by atoms with van der Waals surface area (Å²) in [5.74, 6) is -0.801. The lowest BCUT2D eigenvalue weighted by Crippen LogP contribution is -2.28. The third-order valence-electron chi connectivity index (χ3n) is 3.94. The minimum atomic E-state index is -3.61. The number of hydrogen-bond acceptors (Lipinski definition) is 3. The molecule has 0 heterocycles. The molecule has 0 fully saturated rings. The molecule has 25 heavy (non-hydrogen) atoms. The zero-order valence-electron chi connectivity index (χ0n) is 14.0. The second kappa shape index (κ2) is 9.34. The van der Waals surface area contributed by atoms with Crippen LogP contribution in [-0.2, 0) is 14.8 Å². The molecule has 0 aliphatic rings. The van der Waals surface area contributed by atoms with Gasteiger partial charge in [-0.3, -0.25) is 4.79 Å². The quantitative estimate of drug-likeness (QED) is 0.632. The van der Waals surface area contributed by atoms with Crippen molar-refractivity contribution in [3.05, 3.63) is 66.2 Å². The van der Waals surface area contributed by atoms with Gasteiger partial charge in [-0.25, -0.2) is 13.1 Å². The number of nitrogens with one attached hydrogen (secondary N) is 1. The van der Waals surface area contributed by atoms with Crippen molar-refractivity contribution in [3.8, 4) is 0 Å². The number of unbranched alkanes of at least 4 members (excludes halogenated alkanes) is 2. The van der Waals surface area contributed by atoms with Crippen LogP contribution in [0.1, 0.15) is 43.7 Å². The van der Waals surface area contributed by atoms with Gasteiger partial charge in [0.05, 0.1) is 4.90 Å². The maximum absolute atomic E-state index is 12.6. The molecule has 0 saturated carbocycles. The molecular formula is C19H23NO4S. The summed E-state index contributed by atoms with van der Waals surface area (Å²) in [6, 6.07) is 17.4. The van der Waals surface area contributed by atoms with Crippen LogP contribution in [0.25, 0.3) is 0 Å². The molecular weight excluding hydrogens is 338 g/mol. The average Bonchev–Trinajstić information content (AvgIpc) is 2.61. The van der Waals surface area contributed by atoms with E-state index in [4.69, 9.17) is 5.11 Å². The first-order chi connectivity index (χ1) is 12.0. The number of aliphatic carboxylic acids is 1. The highest BCUT2D eigenvalue weighted by Crippen LogP contribution is 2.23. The van der Waals surface area contributed by atoms with Crippen LogP contribution in [0.2, 0.25) is 0 Å². The van der Waals surface area contributed by atoms with Crippen LogP contribution in [0.4, 0.5) is 0 Å². The first-order valence-electron chi connectivity index (χ1n) is 8.33. The molecule has 0 bridgehead atoms. The molecule has 0 saturated heterocycles. The summed E-state index contributed by atoms with van der Waals surface area (Å²) < 4.78 is 28.0. The Hall–Kier alpha value is -2.18. The van der Waals surface area contributed by atoms with Crippen molar-refractivity contribution in [1.82, 2.24) is 4.72 Å². The fraction of sp³-hybridized carbons (Fsp3) is 0.316. The average molecular weight is 361 g/mol. The Morgan fingerprint density at radius 1 is 0.920 bits per heavy atom. The second-order valence-electron chi connectivity index (χ2n) is 5.89. The largest absolute Gasteiger partial charge is 0.481 e. The molecule has 2 aromatic carbocycles. The zero-order chi connectivity index (χ0) is 18.1. The third-order valence-corrected chi connectivity index (χ3v) is 5.42. The Balaban J connectivity index is 2.06. The van der Waals surface area contributed by atoms with Gasteiger partial charge in [0.2, 0.25) is 10.0 Å². The predicted molar refractivity (Wildman–Crippen MR) is 96.7 cm³/mol. The van der Waals surface area contributed by atoms with E-state index in [9.17, 15) is 13.2 Å². The van der Waals surface area contributed by atoms with Crippen LogP contribution < -0.4 is 4.72 Å². The standard InChI is InChI=1S/C19H23NO4S/c21-19(22)15-9-3-8-14-18(16-10-4-1-5-11-16)20-25(23,24)17-12-6-2-7-13-17/h1-2,4-7,10-13,18,20H,3,8-9,14-15H2,(H,21,22). The number of sulfonamides is 1. The van der Waals surface area contributed by atoms with Crippen molar-refractivity contribution >= 4 is 16.0 Å². The summed E-state index contributed by atoms with van der Waals surface area (Å²) in [4.78, 5) is 10.8. The van der Waals surface area contributed by atoms with Gasteiger partial charge in [-0.05, 0) is 30.5 Å². The van der Waals surface area contributed by atoms with Gasteiger partial charge >= 0.3 is 5.97 Å². The number of carbonyl (C=O) groups is 1. The third kappa shape index (κ3) is 6.32. The molecule has 2 N–H and O–H groups in total. The summed E-state index contributed by atoms with van der Waals surface area (Å²) in [5.41, 5.74) is 0.903. The van der Waals surface area contributed by atoms with Gasteiger partial charge in [-0.1, -0.05) is 61.4 Å². The predicted octanol–water partition coefficient (Wildman–Crippen LogP) is 3.74. The zero-order valence-corrected chi connectivity index (χ0v) is 14.8. The summed E-state index contributed by atoms with van der Waals surface area (Å²) >= 11 is 0. The Morgan fingerprint density at radius 3 is 2.12 bits per heavy atom. The van der Waals surface area contributed by atoms with Crippen molar-refractivity contribution in [2.24, 2.45) is 0 Å². The van der Waals surface area contributed by atoms with E-state index in [1.54, 1.807) is 30.3 Å². The van der Waals surface area contributed by atoms with E-state index in [2.05, 4.69) is 4.72 Å². The van der Waals surface area contributed by atoms with Crippen LogP contribution >= 0.6 is 0 Å². The van der Waals surface area contributed by atoms with Gasteiger partial charge in [0, 0.05) is 12.5 Å². The van der Waals surface area contributed by atoms with Gasteiger partial charge in [0.25, 0.3) is 0 Å². The number of benzene rings is 2. The van der Waals surface area contributed by atoms with Crippen molar-refractivity contribution < 1.29 is 18.3 Å². The molecule has 1 atom stereocenters. The van der Waals surface area contributed by atoms with Crippen molar-refractivity contribution in [2.75, 3.05) is 0 Å². The molecule has 0 amide bonds. The number of carboxylic acids is 1. The minimum absolute atomic E-state index is 0.145. The lowest BCUT2D eigenvalue weighted by atomic mass is 10.0. The fourth-order valence-corrected chi connectivity index (χ4v) is 3.92. The lowest BCUT2D eigenvalue weighted by Gasteiger charge is -2.19. The molecule has 134 valence electrons. The molecule has 5 nitrogen and oxygen atoms in total. The van der Waals surface area contributed by atoms with Gasteiger partial charge in [-0.2, -0.15) is 0 Å². The normalized spacial score (nSPS) is 12.6. The summed E-state index contributed by atoms with van der Waals surface area (Å²) in [6.07, 6.45) is 2.87. The van der Waals surface area contributed by atoms with Crippen LogP contribution in [0.15, 0.2) is 65.6 Å². The lowest BCUT2D eigenvalue weighted by molar-refractivity contribution is -0.137.